The molecule has 0 saturated carbocycles. The number of nitrogens with zero attached hydrogens (tertiary/aromatic N) is 2. The Kier molecular flexibility index (Phi) is 7.88. The number of fused-ring (bicyclic) bond motifs is 1. The van der Waals surface area contributed by atoms with Gasteiger partial charge in [-0.25, -0.2) is 4.39 Å². The molecule has 3 nitrogen and oxygen atoms in total. The molecule has 1 aromatic heterocycles. The lowest BCUT2D eigenvalue weighted by atomic mass is 10.1. The molecular formula is C25H31FN2O. The molecule has 3 aromatic rings. The van der Waals surface area contributed by atoms with Crippen LogP contribution in [0.15, 0.2) is 67.4 Å². The number of aromatic nitrogens is 1. The van der Waals surface area contributed by atoms with E-state index in [9.17, 15) is 4.39 Å². The number of ether oxygens (including phenoxy) is 1. The monoisotopic (exact) mass is 394 g/mol. The lowest BCUT2D eigenvalue weighted by molar-refractivity contribution is 0.303. The summed E-state index contributed by atoms with van der Waals surface area (Å²) in [6, 6.07) is 14.8. The van der Waals surface area contributed by atoms with Crippen molar-refractivity contribution in [1.29, 1.82) is 0 Å². The molecule has 0 atom stereocenters. The average Bonchev–Trinajstić information content (AvgIpc) is 3.14. The van der Waals surface area contributed by atoms with Crippen LogP contribution in [0.4, 0.5) is 4.39 Å². The number of unbranched alkanes of at least 4 members (excludes halogenated alkanes) is 4. The molecule has 0 bridgehead atoms. The highest BCUT2D eigenvalue weighted by atomic mass is 19.1. The molecule has 4 heteroatoms. The van der Waals surface area contributed by atoms with Crippen molar-refractivity contribution in [3.8, 4) is 11.4 Å². The maximum Gasteiger partial charge on any atom is 0.123 e. The van der Waals surface area contributed by atoms with Gasteiger partial charge in [-0.05, 0) is 75.0 Å². The van der Waals surface area contributed by atoms with E-state index in [2.05, 4.69) is 41.3 Å². The van der Waals surface area contributed by atoms with Gasteiger partial charge in [-0.15, -0.1) is 6.58 Å². The van der Waals surface area contributed by atoms with E-state index in [4.69, 9.17) is 4.74 Å². The summed E-state index contributed by atoms with van der Waals surface area (Å²) >= 11 is 0. The summed E-state index contributed by atoms with van der Waals surface area (Å²) in [6.45, 7) is 6.62. The van der Waals surface area contributed by atoms with Crippen molar-refractivity contribution in [2.45, 2.75) is 32.1 Å². The first kappa shape index (κ1) is 21.1. The zero-order chi connectivity index (χ0) is 20.5. The Balaban J connectivity index is 1.41. The van der Waals surface area contributed by atoms with Crippen molar-refractivity contribution in [1.82, 2.24) is 9.47 Å². The summed E-state index contributed by atoms with van der Waals surface area (Å²) in [4.78, 5) is 2.30. The lowest BCUT2D eigenvalue weighted by Crippen LogP contribution is -2.19. The Bertz CT molecular complexity index is 901. The van der Waals surface area contributed by atoms with Gasteiger partial charge in [-0.2, -0.15) is 0 Å². The summed E-state index contributed by atoms with van der Waals surface area (Å²) in [5, 5.41) is 1.12. The zero-order valence-electron chi connectivity index (χ0n) is 17.3. The Labute approximate surface area is 173 Å². The first-order chi connectivity index (χ1) is 14.2. The molecule has 0 spiro atoms. The van der Waals surface area contributed by atoms with E-state index in [-0.39, 0.29) is 5.82 Å². The molecular weight excluding hydrogens is 363 g/mol. The largest absolute Gasteiger partial charge is 0.494 e. The van der Waals surface area contributed by atoms with Crippen molar-refractivity contribution < 1.29 is 9.13 Å². The van der Waals surface area contributed by atoms with Crippen LogP contribution in [0.5, 0.6) is 5.75 Å². The van der Waals surface area contributed by atoms with Crippen LogP contribution in [0, 0.1) is 5.82 Å². The smallest absolute Gasteiger partial charge is 0.123 e. The fourth-order valence-electron chi connectivity index (χ4n) is 3.55. The van der Waals surface area contributed by atoms with E-state index in [0.717, 1.165) is 48.5 Å². The van der Waals surface area contributed by atoms with Gasteiger partial charge in [-0.1, -0.05) is 25.3 Å². The lowest BCUT2D eigenvalue weighted by Gasteiger charge is -2.13. The summed E-state index contributed by atoms with van der Waals surface area (Å²) < 4.78 is 21.2. The first-order valence-corrected chi connectivity index (χ1v) is 10.5. The average molecular weight is 395 g/mol. The van der Waals surface area contributed by atoms with Gasteiger partial charge in [0.25, 0.3) is 0 Å². The molecule has 0 aliphatic heterocycles. The minimum atomic E-state index is -0.221. The van der Waals surface area contributed by atoms with Crippen molar-refractivity contribution in [2.75, 3.05) is 26.7 Å². The second kappa shape index (κ2) is 10.8. The minimum Gasteiger partial charge on any atom is -0.494 e. The van der Waals surface area contributed by atoms with Gasteiger partial charge in [-0.3, -0.25) is 0 Å². The predicted molar refractivity (Wildman–Crippen MR) is 120 cm³/mol. The fraction of sp³-hybridized carbons (Fsp3) is 0.360. The maximum absolute atomic E-state index is 13.2. The zero-order valence-corrected chi connectivity index (χ0v) is 17.3. The molecule has 0 aliphatic carbocycles. The Morgan fingerprint density at radius 2 is 1.76 bits per heavy atom. The van der Waals surface area contributed by atoms with Crippen LogP contribution in [-0.2, 0) is 0 Å². The van der Waals surface area contributed by atoms with Gasteiger partial charge in [0.2, 0.25) is 0 Å². The van der Waals surface area contributed by atoms with E-state index < -0.39 is 0 Å². The molecule has 0 aliphatic rings. The molecule has 0 unspecified atom stereocenters. The van der Waals surface area contributed by atoms with E-state index in [0.29, 0.717) is 0 Å². The van der Waals surface area contributed by atoms with Gasteiger partial charge in [0.1, 0.15) is 11.6 Å². The van der Waals surface area contributed by atoms with Crippen LogP contribution < -0.4 is 4.74 Å². The SMILES string of the molecule is C=CCN(C)CCCCCCCOc1ccc2c(ccn2-c2ccc(F)cc2)c1. The van der Waals surface area contributed by atoms with Crippen LogP contribution in [0.2, 0.25) is 0 Å². The van der Waals surface area contributed by atoms with Crippen LogP contribution in [0.3, 0.4) is 0 Å². The highest BCUT2D eigenvalue weighted by Gasteiger charge is 2.05. The van der Waals surface area contributed by atoms with Crippen molar-refractivity contribution >= 4 is 10.9 Å². The fourth-order valence-corrected chi connectivity index (χ4v) is 3.55. The minimum absolute atomic E-state index is 0.221. The molecule has 154 valence electrons. The molecule has 2 aromatic carbocycles. The molecule has 0 amide bonds. The first-order valence-electron chi connectivity index (χ1n) is 10.5. The molecule has 3 rings (SSSR count). The van der Waals surface area contributed by atoms with Crippen LogP contribution in [0.25, 0.3) is 16.6 Å². The summed E-state index contributed by atoms with van der Waals surface area (Å²) in [6.07, 6.45) is 10.0. The van der Waals surface area contributed by atoms with E-state index in [1.807, 2.05) is 18.3 Å². The second-order valence-corrected chi connectivity index (χ2v) is 7.55. The van der Waals surface area contributed by atoms with E-state index in [1.165, 1.54) is 37.8 Å². The third kappa shape index (κ3) is 6.20. The van der Waals surface area contributed by atoms with Gasteiger partial charge < -0.3 is 14.2 Å². The quantitative estimate of drug-likeness (QED) is 0.268. The van der Waals surface area contributed by atoms with Gasteiger partial charge in [0.05, 0.1) is 12.1 Å². The van der Waals surface area contributed by atoms with Crippen molar-refractivity contribution in [3.05, 3.63) is 73.2 Å². The molecule has 0 saturated heterocycles. The molecule has 0 N–H and O–H groups in total. The standard InChI is InChI=1S/C25H31FN2O/c1-3-16-27(2)17-7-5-4-6-8-19-29-24-13-14-25-21(20-24)15-18-28(25)23-11-9-22(26)10-12-23/h3,9-15,18,20H,1,4-8,16-17,19H2,2H3. The Morgan fingerprint density at radius 3 is 2.55 bits per heavy atom. The number of rotatable bonds is 12. The Hall–Kier alpha value is -2.59. The van der Waals surface area contributed by atoms with Crippen LogP contribution in [0.1, 0.15) is 32.1 Å². The van der Waals surface area contributed by atoms with Crippen molar-refractivity contribution in [2.24, 2.45) is 0 Å². The maximum atomic E-state index is 13.2. The van der Waals surface area contributed by atoms with E-state index in [1.54, 1.807) is 12.1 Å². The van der Waals surface area contributed by atoms with Gasteiger partial charge in [0.15, 0.2) is 0 Å². The third-order valence-corrected chi connectivity index (χ3v) is 5.16. The molecule has 1 heterocycles. The molecule has 29 heavy (non-hydrogen) atoms. The highest BCUT2D eigenvalue weighted by Crippen LogP contribution is 2.25. The van der Waals surface area contributed by atoms with E-state index >= 15 is 0 Å². The van der Waals surface area contributed by atoms with Crippen LogP contribution in [-0.4, -0.2) is 36.2 Å². The van der Waals surface area contributed by atoms with Crippen molar-refractivity contribution in [3.63, 3.8) is 0 Å². The molecule has 0 fully saturated rings. The summed E-state index contributed by atoms with van der Waals surface area (Å²) in [5.41, 5.74) is 2.04. The molecule has 0 radical (unpaired) electrons. The predicted octanol–water partition coefficient (Wildman–Crippen LogP) is 6.22. The second-order valence-electron chi connectivity index (χ2n) is 7.55. The summed E-state index contributed by atoms with van der Waals surface area (Å²) in [5.74, 6) is 0.682. The Morgan fingerprint density at radius 1 is 1.00 bits per heavy atom. The number of hydrogen-bond acceptors (Lipinski definition) is 2. The number of likely N-dealkylation sites (N-methyl/N-ethyl adjacent to an activating group) is 1. The third-order valence-electron chi connectivity index (χ3n) is 5.16. The van der Waals surface area contributed by atoms with Gasteiger partial charge >= 0.3 is 0 Å². The number of halogens is 1. The van der Waals surface area contributed by atoms with Crippen LogP contribution >= 0.6 is 0 Å². The van der Waals surface area contributed by atoms with Gasteiger partial charge in [0, 0.05) is 23.8 Å². The number of hydrogen-bond donors (Lipinski definition) is 0. The number of benzene rings is 2. The normalized spacial score (nSPS) is 11.3. The highest BCUT2D eigenvalue weighted by molar-refractivity contribution is 5.83. The topological polar surface area (TPSA) is 17.4 Å². The summed E-state index contributed by atoms with van der Waals surface area (Å²) in [7, 11) is 2.14.